The van der Waals surface area contributed by atoms with E-state index in [1.54, 1.807) is 13.8 Å². The summed E-state index contributed by atoms with van der Waals surface area (Å²) in [5.41, 5.74) is 38.5. The number of aliphatic hydroxyl groups is 2. The smallest absolute Gasteiger partial charge is 0.328 e. The molecule has 0 bridgehead atoms. The highest BCUT2D eigenvalue weighted by Crippen LogP contribution is 2.11. The normalized spacial score (nSPS) is 14.8. The Bertz CT molecular complexity index is 1730. The minimum absolute atomic E-state index is 0.000985. The topological polar surface area (TPSA) is 501 Å². The van der Waals surface area contributed by atoms with Gasteiger partial charge < -0.3 is 92.7 Å². The molecule has 0 rings (SSSR count). The number of rotatable bonds is 35. The number of carbonyl (C=O) groups excluding carboxylic acids is 7. The van der Waals surface area contributed by atoms with Gasteiger partial charge in [0, 0.05) is 25.4 Å². The monoisotopic (exact) mass is 1010 g/mol. The molecular formula is C38H73N17O11S2. The highest BCUT2D eigenvalue weighted by atomic mass is 32.2. The number of guanidine groups is 3. The molecule has 0 radical (unpaired) electrons. The van der Waals surface area contributed by atoms with E-state index in [1.807, 2.05) is 6.26 Å². The van der Waals surface area contributed by atoms with Crippen molar-refractivity contribution in [2.75, 3.05) is 50.6 Å². The van der Waals surface area contributed by atoms with Crippen molar-refractivity contribution in [2.24, 2.45) is 61.0 Å². The molecule has 0 saturated carbocycles. The van der Waals surface area contributed by atoms with E-state index in [4.69, 9.17) is 40.1 Å². The Balaban J connectivity index is 6.46. The summed E-state index contributed by atoms with van der Waals surface area (Å²) in [4.78, 5) is 118. The fourth-order valence-electron chi connectivity index (χ4n) is 5.85. The lowest BCUT2D eigenvalue weighted by Crippen LogP contribution is -2.61. The maximum Gasteiger partial charge on any atom is 0.328 e. The molecule has 0 heterocycles. The van der Waals surface area contributed by atoms with Gasteiger partial charge in [-0.15, -0.1) is 0 Å². The van der Waals surface area contributed by atoms with E-state index in [-0.39, 0.29) is 81.8 Å². The van der Waals surface area contributed by atoms with Gasteiger partial charge in [0.1, 0.15) is 42.3 Å². The van der Waals surface area contributed by atoms with Gasteiger partial charge >= 0.3 is 5.97 Å². The summed E-state index contributed by atoms with van der Waals surface area (Å²) in [6, 6.07) is -11.2. The van der Waals surface area contributed by atoms with Crippen LogP contribution in [0.4, 0.5) is 0 Å². The van der Waals surface area contributed by atoms with Gasteiger partial charge in [-0.05, 0) is 62.9 Å². The van der Waals surface area contributed by atoms with Crippen LogP contribution in [0.5, 0.6) is 0 Å². The Hall–Kier alpha value is -5.85. The molecule has 30 heteroatoms. The lowest BCUT2D eigenvalue weighted by molar-refractivity contribution is -0.143. The zero-order valence-corrected chi connectivity index (χ0v) is 40.4. The van der Waals surface area contributed by atoms with E-state index < -0.39 is 115 Å². The van der Waals surface area contributed by atoms with E-state index in [1.165, 1.54) is 11.8 Å². The summed E-state index contributed by atoms with van der Waals surface area (Å²) in [6.07, 6.45) is 2.68. The molecule has 0 aromatic rings. The molecule has 9 atom stereocenters. The van der Waals surface area contributed by atoms with Gasteiger partial charge in [-0.3, -0.25) is 48.5 Å². The van der Waals surface area contributed by atoms with Gasteiger partial charge in [-0.2, -0.15) is 24.4 Å². The number of nitrogens with zero attached hydrogens (tertiary/aromatic N) is 3. The Morgan fingerprint density at radius 1 is 0.544 bits per heavy atom. The molecule has 0 aromatic heterocycles. The third kappa shape index (κ3) is 25.3. The third-order valence-corrected chi connectivity index (χ3v) is 10.9. The number of aliphatic carboxylic acids is 1. The average Bonchev–Trinajstić information content (AvgIpc) is 3.28. The second kappa shape index (κ2) is 34.4. The summed E-state index contributed by atoms with van der Waals surface area (Å²) < 4.78 is 0. The van der Waals surface area contributed by atoms with Crippen LogP contribution in [0.3, 0.4) is 0 Å². The van der Waals surface area contributed by atoms with Crippen molar-refractivity contribution in [3.8, 4) is 0 Å². The molecule has 0 spiro atoms. The fraction of sp³-hybridized carbons (Fsp3) is 0.711. The highest BCUT2D eigenvalue weighted by molar-refractivity contribution is 7.98. The van der Waals surface area contributed by atoms with Crippen molar-refractivity contribution in [1.82, 2.24) is 37.2 Å². The van der Waals surface area contributed by atoms with E-state index in [2.05, 4.69) is 64.8 Å². The lowest BCUT2D eigenvalue weighted by Gasteiger charge is -2.28. The number of carboxylic acid groups (broad SMARTS) is 1. The predicted molar refractivity (Wildman–Crippen MR) is 259 cm³/mol. The predicted octanol–water partition coefficient (Wildman–Crippen LogP) is -7.33. The summed E-state index contributed by atoms with van der Waals surface area (Å²) >= 11 is 5.67. The molecule has 68 heavy (non-hydrogen) atoms. The van der Waals surface area contributed by atoms with E-state index in [9.17, 15) is 53.7 Å². The van der Waals surface area contributed by atoms with Gasteiger partial charge in [0.05, 0.1) is 19.3 Å². The van der Waals surface area contributed by atoms with Crippen molar-refractivity contribution in [3.63, 3.8) is 0 Å². The lowest BCUT2D eigenvalue weighted by atomic mass is 9.97. The minimum atomic E-state index is -1.72. The van der Waals surface area contributed by atoms with Crippen LogP contribution in [-0.2, 0) is 38.4 Å². The molecule has 388 valence electrons. The second-order valence-electron chi connectivity index (χ2n) is 15.4. The molecule has 0 aliphatic rings. The minimum Gasteiger partial charge on any atom is -0.480 e. The molecule has 0 saturated heterocycles. The van der Waals surface area contributed by atoms with Crippen LogP contribution in [0.25, 0.3) is 0 Å². The highest BCUT2D eigenvalue weighted by Gasteiger charge is 2.35. The number of hydrogen-bond donors (Lipinski definition) is 18. The number of thioether (sulfide) groups is 1. The van der Waals surface area contributed by atoms with Crippen LogP contribution in [0.15, 0.2) is 15.0 Å². The standard InChI is InChI=1S/C38H73N17O11S2/c1-4-19(2)27(55-28(58)20(39)11-15-68-3)34(64)51-23(10-7-14-48-38(44)45)30(60)52-24(16-56)32(62)54-26(18-67)33(63)50-21(8-5-12-46-36(40)41)29(59)49-22(9-6-13-47-37(42)43)31(61)53-25(17-57)35(65)66/h19-27,56-57,67H,4-18,39H2,1-3H3,(H,49,59)(H,50,63)(H,51,64)(H,52,60)(H,53,61)(H,54,62)(H,55,58)(H,65,66)(H4,40,41,46)(H4,42,43,47)(H4,44,45,48)/t19-,20-,21-,22-,23-,24-,25-,26-,27-/m0/s1. The number of amides is 7. The van der Waals surface area contributed by atoms with Crippen molar-refractivity contribution in [1.29, 1.82) is 0 Å². The van der Waals surface area contributed by atoms with Crippen molar-refractivity contribution in [2.45, 2.75) is 114 Å². The molecule has 0 unspecified atom stereocenters. The number of aliphatic hydroxyl groups excluding tert-OH is 2. The van der Waals surface area contributed by atoms with E-state index in [0.29, 0.717) is 18.6 Å². The van der Waals surface area contributed by atoms with Gasteiger partial charge in [-0.25, -0.2) is 4.79 Å². The van der Waals surface area contributed by atoms with Crippen molar-refractivity contribution < 1.29 is 53.7 Å². The summed E-state index contributed by atoms with van der Waals surface area (Å²) in [7, 11) is 0. The Morgan fingerprint density at radius 3 is 1.25 bits per heavy atom. The van der Waals surface area contributed by atoms with Crippen LogP contribution in [-0.4, -0.2) is 179 Å². The van der Waals surface area contributed by atoms with Gasteiger partial charge in [0.15, 0.2) is 17.9 Å². The second-order valence-corrected chi connectivity index (χ2v) is 16.7. The first kappa shape index (κ1) is 62.1. The zero-order chi connectivity index (χ0) is 51.9. The van der Waals surface area contributed by atoms with Gasteiger partial charge in [0.2, 0.25) is 41.4 Å². The van der Waals surface area contributed by atoms with E-state index >= 15 is 0 Å². The molecule has 7 amide bonds. The largest absolute Gasteiger partial charge is 0.480 e. The van der Waals surface area contributed by atoms with Crippen molar-refractivity contribution >= 4 is 89.6 Å². The Morgan fingerprint density at radius 2 is 0.897 bits per heavy atom. The number of carboxylic acids is 1. The first-order valence-corrected chi connectivity index (χ1v) is 23.7. The van der Waals surface area contributed by atoms with Gasteiger partial charge in [-0.1, -0.05) is 20.3 Å². The number of aliphatic imine (C=N–C) groups is 3. The molecule has 28 nitrogen and oxygen atoms in total. The number of thiol groups is 1. The third-order valence-electron chi connectivity index (χ3n) is 9.93. The number of hydrogen-bond acceptors (Lipinski definition) is 16. The Kier molecular flexibility index (Phi) is 31.5. The molecular weight excluding hydrogens is 935 g/mol. The van der Waals surface area contributed by atoms with Crippen LogP contribution in [0.1, 0.15) is 65.2 Å². The van der Waals surface area contributed by atoms with E-state index in [0.717, 1.165) is 0 Å². The molecule has 0 aliphatic carbocycles. The molecule has 0 aliphatic heterocycles. The van der Waals surface area contributed by atoms with Crippen molar-refractivity contribution in [3.05, 3.63) is 0 Å². The first-order valence-electron chi connectivity index (χ1n) is 21.7. The number of nitrogens with two attached hydrogens (primary N) is 7. The average molecular weight is 1010 g/mol. The quantitative estimate of drug-likeness (QED) is 0.0121. The maximum atomic E-state index is 13.8. The van der Waals surface area contributed by atoms with Crippen LogP contribution in [0, 0.1) is 5.92 Å². The Labute approximate surface area is 404 Å². The fourth-order valence-corrected chi connectivity index (χ4v) is 6.60. The maximum absolute atomic E-state index is 13.8. The van der Waals surface area contributed by atoms with Crippen LogP contribution in [0.2, 0.25) is 0 Å². The summed E-state index contributed by atoms with van der Waals surface area (Å²) in [5.74, 6) is -8.68. The molecule has 24 N–H and O–H groups in total. The summed E-state index contributed by atoms with van der Waals surface area (Å²) in [6.45, 7) is 1.63. The molecule has 0 fully saturated rings. The van der Waals surface area contributed by atoms with Gasteiger partial charge in [0.25, 0.3) is 0 Å². The summed E-state index contributed by atoms with van der Waals surface area (Å²) in [5, 5.41) is 46.1. The number of carbonyl (C=O) groups is 8. The van der Waals surface area contributed by atoms with Crippen LogP contribution >= 0.6 is 24.4 Å². The number of nitrogens with one attached hydrogen (secondary N) is 7. The zero-order valence-electron chi connectivity index (χ0n) is 38.6. The SMILES string of the molecule is CC[C@H](C)[C@H](NC(=O)[C@@H](N)CCSC)C(=O)N[C@@H](CCCN=C(N)N)C(=O)N[C@@H](CO)C(=O)N[C@@H](CS)C(=O)N[C@@H](CCCN=C(N)N)C(=O)N[C@@H](CCCN=C(N)N)C(=O)N[C@@H](CO)C(=O)O. The van der Waals surface area contributed by atoms with Crippen LogP contribution < -0.4 is 77.4 Å². The molecule has 0 aromatic carbocycles. The first-order chi connectivity index (χ1) is 32.1.